The Bertz CT molecular complexity index is 444. The number of fused-ring (bicyclic) bond motifs is 3. The molecule has 0 bridgehead atoms. The summed E-state index contributed by atoms with van der Waals surface area (Å²) >= 11 is 0. The molecule has 96 valence electrons. The minimum atomic E-state index is -0.290. The van der Waals surface area contributed by atoms with Crippen molar-refractivity contribution in [1.29, 1.82) is 0 Å². The Morgan fingerprint density at radius 3 is 2.72 bits per heavy atom. The van der Waals surface area contributed by atoms with E-state index in [1.807, 2.05) is 24.3 Å². The molecule has 5 atom stereocenters. The molecular formula is C14H16O4. The van der Waals surface area contributed by atoms with Gasteiger partial charge in [0.15, 0.2) is 6.29 Å². The Morgan fingerprint density at radius 1 is 1.11 bits per heavy atom. The van der Waals surface area contributed by atoms with Gasteiger partial charge in [-0.05, 0) is 12.0 Å². The maximum absolute atomic E-state index is 9.02. The van der Waals surface area contributed by atoms with Gasteiger partial charge in [-0.3, -0.25) is 0 Å². The molecule has 2 aliphatic heterocycles. The van der Waals surface area contributed by atoms with Crippen LogP contribution in [-0.2, 0) is 20.8 Å². The summed E-state index contributed by atoms with van der Waals surface area (Å²) in [6.07, 6.45) is 1.70. The molecule has 3 fully saturated rings. The zero-order chi connectivity index (χ0) is 12.1. The van der Waals surface area contributed by atoms with E-state index < -0.39 is 0 Å². The molecular weight excluding hydrogens is 232 g/mol. The molecule has 4 heteroatoms. The highest BCUT2D eigenvalue weighted by atomic mass is 16.7. The number of epoxide rings is 1. The third-order valence-electron chi connectivity index (χ3n) is 4.12. The predicted octanol–water partition coefficient (Wildman–Crippen LogP) is 1.38. The number of benzene rings is 1. The van der Waals surface area contributed by atoms with Gasteiger partial charge in [-0.2, -0.15) is 0 Å². The second-order valence-electron chi connectivity index (χ2n) is 5.30. The van der Waals surface area contributed by atoms with Crippen molar-refractivity contribution >= 4 is 0 Å². The number of rotatable bonds is 2. The molecule has 2 saturated heterocycles. The van der Waals surface area contributed by atoms with Crippen LogP contribution in [0.1, 0.15) is 23.8 Å². The number of hydrogen-bond donors (Lipinski definition) is 1. The fourth-order valence-corrected chi connectivity index (χ4v) is 3.04. The predicted molar refractivity (Wildman–Crippen MR) is 62.7 cm³/mol. The molecule has 4 rings (SSSR count). The molecule has 0 amide bonds. The smallest absolute Gasteiger partial charge is 0.184 e. The number of aliphatic hydroxyl groups is 1. The lowest BCUT2D eigenvalue weighted by Gasteiger charge is -2.33. The highest BCUT2D eigenvalue weighted by molar-refractivity contribution is 5.23. The summed E-state index contributed by atoms with van der Waals surface area (Å²) in [5.74, 6) is 0.502. The number of hydrogen-bond acceptors (Lipinski definition) is 4. The van der Waals surface area contributed by atoms with Crippen LogP contribution in [0.5, 0.6) is 0 Å². The van der Waals surface area contributed by atoms with Crippen LogP contribution in [0.25, 0.3) is 0 Å². The van der Waals surface area contributed by atoms with E-state index in [0.717, 1.165) is 24.2 Å². The van der Waals surface area contributed by atoms with E-state index in [1.165, 1.54) is 0 Å². The Kier molecular flexibility index (Phi) is 2.45. The van der Waals surface area contributed by atoms with E-state index >= 15 is 0 Å². The van der Waals surface area contributed by atoms with E-state index in [-0.39, 0.29) is 19.0 Å². The summed E-state index contributed by atoms with van der Waals surface area (Å²) in [4.78, 5) is 0. The zero-order valence-electron chi connectivity index (χ0n) is 9.99. The molecule has 3 aliphatic rings. The molecule has 1 unspecified atom stereocenters. The van der Waals surface area contributed by atoms with Gasteiger partial charge in [-0.15, -0.1) is 0 Å². The van der Waals surface area contributed by atoms with Crippen molar-refractivity contribution in [3.8, 4) is 0 Å². The van der Waals surface area contributed by atoms with E-state index in [4.69, 9.17) is 19.3 Å². The molecule has 0 radical (unpaired) electrons. The van der Waals surface area contributed by atoms with Gasteiger partial charge in [0.25, 0.3) is 0 Å². The van der Waals surface area contributed by atoms with Crippen molar-refractivity contribution in [3.05, 3.63) is 35.4 Å². The lowest BCUT2D eigenvalue weighted by atomic mass is 10.0. The molecule has 1 N–H and O–H groups in total. The third kappa shape index (κ3) is 1.68. The first kappa shape index (κ1) is 10.9. The zero-order valence-corrected chi connectivity index (χ0v) is 9.99. The van der Waals surface area contributed by atoms with Gasteiger partial charge in [-0.1, -0.05) is 24.3 Å². The van der Waals surface area contributed by atoms with Crippen molar-refractivity contribution in [2.24, 2.45) is 5.92 Å². The van der Waals surface area contributed by atoms with Crippen LogP contribution in [0.4, 0.5) is 0 Å². The maximum Gasteiger partial charge on any atom is 0.184 e. The average Bonchev–Trinajstić information content (AvgIpc) is 3.11. The average molecular weight is 248 g/mol. The van der Waals surface area contributed by atoms with E-state index in [0.29, 0.717) is 18.1 Å². The highest BCUT2D eigenvalue weighted by Crippen LogP contribution is 2.48. The van der Waals surface area contributed by atoms with Gasteiger partial charge in [0.05, 0.1) is 25.4 Å². The molecule has 4 nitrogen and oxygen atoms in total. The summed E-state index contributed by atoms with van der Waals surface area (Å²) in [7, 11) is 0. The van der Waals surface area contributed by atoms with Crippen LogP contribution < -0.4 is 0 Å². The largest absolute Gasteiger partial charge is 0.392 e. The minimum Gasteiger partial charge on any atom is -0.392 e. The van der Waals surface area contributed by atoms with Crippen LogP contribution in [0, 0.1) is 5.92 Å². The van der Waals surface area contributed by atoms with Crippen LogP contribution in [0.2, 0.25) is 0 Å². The molecule has 1 aromatic rings. The monoisotopic (exact) mass is 248 g/mol. The summed E-state index contributed by atoms with van der Waals surface area (Å²) in [5, 5.41) is 9.02. The molecule has 1 aliphatic carbocycles. The standard InChI is InChI=1S/C14H16O4/c15-6-8-1-3-9(4-2-8)14-16-7-10-5-11-13(17-11)12(10)18-14/h1-4,10-15H,5-7H2/t10-,11-,12+,13-,14?/m0/s1. The topological polar surface area (TPSA) is 51.2 Å². The molecule has 1 saturated carbocycles. The summed E-state index contributed by atoms with van der Waals surface area (Å²) in [6.45, 7) is 0.822. The van der Waals surface area contributed by atoms with Gasteiger partial charge in [0, 0.05) is 11.5 Å². The first-order chi connectivity index (χ1) is 8.85. The van der Waals surface area contributed by atoms with E-state index in [9.17, 15) is 0 Å². The number of ether oxygens (including phenoxy) is 3. The Labute approximate surface area is 105 Å². The lowest BCUT2D eigenvalue weighted by Crippen LogP contribution is -2.36. The first-order valence-electron chi connectivity index (χ1n) is 6.47. The SMILES string of the molecule is OCc1ccc(C2OC[C@@H]3C[C@@H]4O[C@@H]4[C@@H]3O2)cc1. The van der Waals surface area contributed by atoms with Crippen LogP contribution in [-0.4, -0.2) is 30.0 Å². The van der Waals surface area contributed by atoms with Gasteiger partial charge in [0.1, 0.15) is 6.10 Å². The number of aliphatic hydroxyl groups excluding tert-OH is 1. The fraction of sp³-hybridized carbons (Fsp3) is 0.571. The molecule has 1 aromatic carbocycles. The third-order valence-corrected chi connectivity index (χ3v) is 4.12. The Balaban J connectivity index is 1.51. The quantitative estimate of drug-likeness (QED) is 0.803. The Morgan fingerprint density at radius 2 is 1.94 bits per heavy atom. The van der Waals surface area contributed by atoms with Crippen molar-refractivity contribution in [2.75, 3.05) is 6.61 Å². The Hall–Kier alpha value is -0.940. The minimum absolute atomic E-state index is 0.0644. The van der Waals surface area contributed by atoms with Gasteiger partial charge >= 0.3 is 0 Å². The van der Waals surface area contributed by atoms with Crippen molar-refractivity contribution in [1.82, 2.24) is 0 Å². The lowest BCUT2D eigenvalue weighted by molar-refractivity contribution is -0.243. The van der Waals surface area contributed by atoms with Gasteiger partial charge < -0.3 is 19.3 Å². The molecule has 0 spiro atoms. The fourth-order valence-electron chi connectivity index (χ4n) is 3.04. The van der Waals surface area contributed by atoms with Crippen molar-refractivity contribution in [3.63, 3.8) is 0 Å². The van der Waals surface area contributed by atoms with Crippen molar-refractivity contribution in [2.45, 2.75) is 37.6 Å². The first-order valence-corrected chi connectivity index (χ1v) is 6.47. The van der Waals surface area contributed by atoms with Gasteiger partial charge in [0.2, 0.25) is 0 Å². The summed E-state index contributed by atoms with van der Waals surface area (Å²) < 4.78 is 17.3. The molecule has 18 heavy (non-hydrogen) atoms. The maximum atomic E-state index is 9.02. The molecule has 0 aromatic heterocycles. The van der Waals surface area contributed by atoms with Crippen LogP contribution in [0.3, 0.4) is 0 Å². The summed E-state index contributed by atoms with van der Waals surface area (Å²) in [6, 6.07) is 7.71. The van der Waals surface area contributed by atoms with Gasteiger partial charge in [-0.25, -0.2) is 0 Å². The summed E-state index contributed by atoms with van der Waals surface area (Å²) in [5.41, 5.74) is 1.91. The van der Waals surface area contributed by atoms with Crippen LogP contribution in [0.15, 0.2) is 24.3 Å². The van der Waals surface area contributed by atoms with Crippen LogP contribution >= 0.6 is 0 Å². The van der Waals surface area contributed by atoms with E-state index in [1.54, 1.807) is 0 Å². The highest BCUT2D eigenvalue weighted by Gasteiger charge is 2.58. The normalized spacial score (nSPS) is 41.3. The molecule has 2 heterocycles. The second kappa shape index (κ2) is 4.03. The van der Waals surface area contributed by atoms with Crippen molar-refractivity contribution < 1.29 is 19.3 Å². The van der Waals surface area contributed by atoms with E-state index in [2.05, 4.69) is 0 Å². The second-order valence-corrected chi connectivity index (χ2v) is 5.30.